The fraction of sp³-hybridized carbons (Fsp3) is 0.133. The van der Waals surface area contributed by atoms with Gasteiger partial charge in [0.15, 0.2) is 0 Å². The summed E-state index contributed by atoms with van der Waals surface area (Å²) in [6.45, 7) is 0.562. The Morgan fingerprint density at radius 3 is 2.60 bits per heavy atom. The van der Waals surface area contributed by atoms with Gasteiger partial charge in [-0.2, -0.15) is 0 Å². The third-order valence-electron chi connectivity index (χ3n) is 2.85. The van der Waals surface area contributed by atoms with E-state index in [1.54, 1.807) is 6.07 Å². The van der Waals surface area contributed by atoms with Gasteiger partial charge >= 0.3 is 5.69 Å². The first kappa shape index (κ1) is 13.7. The van der Waals surface area contributed by atoms with Crippen molar-refractivity contribution >= 4 is 11.9 Å². The molecule has 0 aliphatic heterocycles. The van der Waals surface area contributed by atoms with E-state index in [0.717, 1.165) is 6.42 Å². The lowest BCUT2D eigenvalue weighted by atomic mass is 10.1. The van der Waals surface area contributed by atoms with Crippen molar-refractivity contribution in [2.75, 3.05) is 6.54 Å². The molecule has 0 atom stereocenters. The van der Waals surface area contributed by atoms with Crippen molar-refractivity contribution in [3.05, 3.63) is 69.8 Å². The van der Waals surface area contributed by atoms with Crippen molar-refractivity contribution in [1.29, 1.82) is 0 Å². The molecular weight excluding hydrogens is 256 g/mol. The van der Waals surface area contributed by atoms with E-state index in [1.165, 1.54) is 23.9 Å². The van der Waals surface area contributed by atoms with E-state index < -0.39 is 4.92 Å². The first-order valence-corrected chi connectivity index (χ1v) is 6.18. The molecule has 0 bridgehead atoms. The average molecular weight is 270 g/mol. The molecule has 0 aromatic heterocycles. The quantitative estimate of drug-likeness (QED) is 0.515. The smallest absolute Gasteiger partial charge is 0.311 e. The zero-order valence-electron chi connectivity index (χ0n) is 10.8. The largest absolute Gasteiger partial charge is 0.502 e. The number of aliphatic imine (C=N–C) groups is 1. The van der Waals surface area contributed by atoms with Gasteiger partial charge in [0.05, 0.1) is 4.92 Å². The minimum absolute atomic E-state index is 0.308. The van der Waals surface area contributed by atoms with Crippen molar-refractivity contribution in [2.45, 2.75) is 6.42 Å². The second-order valence-corrected chi connectivity index (χ2v) is 4.24. The van der Waals surface area contributed by atoms with Gasteiger partial charge in [-0.3, -0.25) is 15.1 Å². The van der Waals surface area contributed by atoms with E-state index in [-0.39, 0.29) is 11.4 Å². The fourth-order valence-corrected chi connectivity index (χ4v) is 1.80. The SMILES string of the molecule is O=[N+]([O-])c1cccc(C=NCCc2ccccc2)c1O. The Morgan fingerprint density at radius 1 is 1.15 bits per heavy atom. The van der Waals surface area contributed by atoms with Crippen LogP contribution >= 0.6 is 0 Å². The molecule has 5 nitrogen and oxygen atoms in total. The van der Waals surface area contributed by atoms with Crippen LogP contribution in [0.5, 0.6) is 5.75 Å². The van der Waals surface area contributed by atoms with E-state index in [9.17, 15) is 15.2 Å². The maximum Gasteiger partial charge on any atom is 0.311 e. The number of hydrogen-bond acceptors (Lipinski definition) is 4. The van der Waals surface area contributed by atoms with Gasteiger partial charge in [0.1, 0.15) is 0 Å². The van der Waals surface area contributed by atoms with Crippen molar-refractivity contribution in [2.24, 2.45) is 4.99 Å². The zero-order valence-corrected chi connectivity index (χ0v) is 10.8. The normalized spacial score (nSPS) is 10.8. The highest BCUT2D eigenvalue weighted by Gasteiger charge is 2.14. The molecule has 20 heavy (non-hydrogen) atoms. The summed E-state index contributed by atoms with van der Waals surface area (Å²) in [5.41, 5.74) is 1.22. The van der Waals surface area contributed by atoms with E-state index in [2.05, 4.69) is 4.99 Å². The van der Waals surface area contributed by atoms with Gasteiger partial charge in [-0.15, -0.1) is 0 Å². The van der Waals surface area contributed by atoms with Crippen molar-refractivity contribution in [1.82, 2.24) is 0 Å². The van der Waals surface area contributed by atoms with E-state index in [4.69, 9.17) is 0 Å². The number of nitro benzene ring substituents is 1. The van der Waals surface area contributed by atoms with Crippen LogP contribution in [0, 0.1) is 10.1 Å². The van der Waals surface area contributed by atoms with Crippen molar-refractivity contribution < 1.29 is 10.0 Å². The Bertz CT molecular complexity index is 624. The lowest BCUT2D eigenvalue weighted by molar-refractivity contribution is -0.385. The summed E-state index contributed by atoms with van der Waals surface area (Å²) in [6, 6.07) is 14.3. The monoisotopic (exact) mass is 270 g/mol. The number of rotatable bonds is 5. The molecule has 0 amide bonds. The summed E-state index contributed by atoms with van der Waals surface area (Å²) < 4.78 is 0. The summed E-state index contributed by atoms with van der Waals surface area (Å²) >= 11 is 0. The van der Waals surface area contributed by atoms with Gasteiger partial charge in [0, 0.05) is 24.4 Å². The number of phenols is 1. The predicted octanol–water partition coefficient (Wildman–Crippen LogP) is 2.96. The van der Waals surface area contributed by atoms with E-state index >= 15 is 0 Å². The summed E-state index contributed by atoms with van der Waals surface area (Å²) in [5, 5.41) is 20.4. The zero-order chi connectivity index (χ0) is 14.4. The third kappa shape index (κ3) is 3.41. The van der Waals surface area contributed by atoms with Gasteiger partial charge < -0.3 is 5.11 Å². The number of aromatic hydroxyl groups is 1. The van der Waals surface area contributed by atoms with Crippen LogP contribution in [0.1, 0.15) is 11.1 Å². The number of nitro groups is 1. The molecule has 0 radical (unpaired) electrons. The summed E-state index contributed by atoms with van der Waals surface area (Å²) in [4.78, 5) is 14.3. The average Bonchev–Trinajstić information content (AvgIpc) is 2.46. The Kier molecular flexibility index (Phi) is 4.44. The molecule has 0 saturated carbocycles. The topological polar surface area (TPSA) is 75.7 Å². The van der Waals surface area contributed by atoms with Crippen LogP contribution in [0.3, 0.4) is 0 Å². The number of benzene rings is 2. The minimum Gasteiger partial charge on any atom is -0.502 e. The first-order chi connectivity index (χ1) is 9.68. The molecule has 2 aromatic rings. The number of para-hydroxylation sites is 1. The highest BCUT2D eigenvalue weighted by Crippen LogP contribution is 2.27. The number of nitrogens with zero attached hydrogens (tertiary/aromatic N) is 2. The van der Waals surface area contributed by atoms with E-state index in [0.29, 0.717) is 12.1 Å². The molecule has 102 valence electrons. The van der Waals surface area contributed by atoms with Crippen LogP contribution in [0.4, 0.5) is 5.69 Å². The lowest BCUT2D eigenvalue weighted by Gasteiger charge is -2.00. The minimum atomic E-state index is -0.614. The fourth-order valence-electron chi connectivity index (χ4n) is 1.80. The Labute approximate surface area is 116 Å². The summed E-state index contributed by atoms with van der Waals surface area (Å²) in [7, 11) is 0. The molecule has 0 fully saturated rings. The first-order valence-electron chi connectivity index (χ1n) is 6.18. The molecule has 0 saturated heterocycles. The molecule has 0 heterocycles. The summed E-state index contributed by atoms with van der Waals surface area (Å²) in [6.07, 6.45) is 2.25. The van der Waals surface area contributed by atoms with Gasteiger partial charge in [0.25, 0.3) is 0 Å². The van der Waals surface area contributed by atoms with Crippen LogP contribution in [-0.2, 0) is 6.42 Å². The molecule has 2 aromatic carbocycles. The Hall–Kier alpha value is -2.69. The predicted molar refractivity (Wildman–Crippen MR) is 77.4 cm³/mol. The number of phenolic OH excluding ortho intramolecular Hbond substituents is 1. The maximum atomic E-state index is 10.7. The lowest BCUT2D eigenvalue weighted by Crippen LogP contribution is -1.93. The van der Waals surface area contributed by atoms with Gasteiger partial charge in [-0.05, 0) is 18.1 Å². The van der Waals surface area contributed by atoms with Crippen molar-refractivity contribution in [3.63, 3.8) is 0 Å². The Morgan fingerprint density at radius 2 is 1.90 bits per heavy atom. The highest BCUT2D eigenvalue weighted by molar-refractivity contribution is 5.85. The van der Waals surface area contributed by atoms with Crippen LogP contribution in [0.25, 0.3) is 0 Å². The van der Waals surface area contributed by atoms with Crippen LogP contribution < -0.4 is 0 Å². The van der Waals surface area contributed by atoms with Crippen LogP contribution in [0.2, 0.25) is 0 Å². The maximum absolute atomic E-state index is 10.7. The van der Waals surface area contributed by atoms with Gasteiger partial charge in [-0.25, -0.2) is 0 Å². The second-order valence-electron chi connectivity index (χ2n) is 4.24. The van der Waals surface area contributed by atoms with Crippen molar-refractivity contribution in [3.8, 4) is 5.75 Å². The highest BCUT2D eigenvalue weighted by atomic mass is 16.6. The molecular formula is C15H14N2O3. The van der Waals surface area contributed by atoms with Crippen LogP contribution in [0.15, 0.2) is 53.5 Å². The molecule has 0 aliphatic rings. The Balaban J connectivity index is 2.01. The molecule has 5 heteroatoms. The molecule has 0 aliphatic carbocycles. The van der Waals surface area contributed by atoms with E-state index in [1.807, 2.05) is 30.3 Å². The molecule has 2 rings (SSSR count). The summed E-state index contributed by atoms with van der Waals surface area (Å²) in [5.74, 6) is -0.346. The molecule has 1 N–H and O–H groups in total. The third-order valence-corrected chi connectivity index (χ3v) is 2.85. The second kappa shape index (κ2) is 6.47. The molecule has 0 unspecified atom stereocenters. The van der Waals surface area contributed by atoms with Crippen LogP contribution in [-0.4, -0.2) is 22.8 Å². The number of hydrogen-bond donors (Lipinski definition) is 1. The van der Waals surface area contributed by atoms with Gasteiger partial charge in [-0.1, -0.05) is 36.4 Å². The standard InChI is InChI=1S/C15H14N2O3/c18-15-13(7-4-8-14(15)17(19)20)11-16-10-9-12-5-2-1-3-6-12/h1-8,11,18H,9-10H2. The van der Waals surface area contributed by atoms with Gasteiger partial charge in [0.2, 0.25) is 5.75 Å². The molecule has 0 spiro atoms.